The van der Waals surface area contributed by atoms with Gasteiger partial charge in [0, 0.05) is 29.6 Å². The Balaban J connectivity index is 1.30. The van der Waals surface area contributed by atoms with Crippen LogP contribution in [0, 0.1) is 6.92 Å². The number of Topliss-reactive ketones (excluding diaryl/α,β-unsaturated/α-hetero) is 1. The average Bonchev–Trinajstić information content (AvgIpc) is 3.48. The number of nitrogens with zero attached hydrogens (tertiary/aromatic N) is 3. The third-order valence-electron chi connectivity index (χ3n) is 5.86. The number of furan rings is 1. The molecular weight excluding hydrogens is 474 g/mol. The van der Waals surface area contributed by atoms with Crippen molar-refractivity contribution in [2.24, 2.45) is 0 Å². The van der Waals surface area contributed by atoms with Crippen molar-refractivity contribution in [3.05, 3.63) is 59.9 Å². The third-order valence-corrected chi connectivity index (χ3v) is 8.58. The van der Waals surface area contributed by atoms with Crippen molar-refractivity contribution in [1.82, 2.24) is 14.5 Å². The topological polar surface area (TPSA) is 107 Å². The summed E-state index contributed by atoms with van der Waals surface area (Å²) in [4.78, 5) is 12.9. The molecule has 0 unspecified atom stereocenters. The Morgan fingerprint density at radius 2 is 1.82 bits per heavy atom. The summed E-state index contributed by atoms with van der Waals surface area (Å²) in [5, 5.41) is 9.19. The minimum absolute atomic E-state index is 0.0751. The van der Waals surface area contributed by atoms with Crippen LogP contribution in [0.4, 0.5) is 0 Å². The Hall–Kier alpha value is -2.95. The van der Waals surface area contributed by atoms with E-state index in [4.69, 9.17) is 8.83 Å². The van der Waals surface area contributed by atoms with Crippen molar-refractivity contribution in [3.8, 4) is 11.5 Å². The lowest BCUT2D eigenvalue weighted by atomic mass is 10.1. The van der Waals surface area contributed by atoms with Crippen LogP contribution in [-0.2, 0) is 10.0 Å². The molecule has 0 saturated carbocycles. The molecule has 0 bridgehead atoms. The minimum Gasteiger partial charge on any atom is -0.453 e. The first-order chi connectivity index (χ1) is 16.4. The zero-order valence-corrected chi connectivity index (χ0v) is 20.2. The highest BCUT2D eigenvalue weighted by molar-refractivity contribution is 7.99. The van der Waals surface area contributed by atoms with Gasteiger partial charge in [-0.3, -0.25) is 4.79 Å². The Bertz CT molecular complexity index is 1450. The number of aryl methyl sites for hydroxylation is 1. The lowest BCUT2D eigenvalue weighted by molar-refractivity contribution is 0.0993. The maximum absolute atomic E-state index is 13.0. The van der Waals surface area contributed by atoms with Crippen LogP contribution in [0.15, 0.2) is 67.5 Å². The second kappa shape index (κ2) is 9.36. The molecule has 0 amide bonds. The van der Waals surface area contributed by atoms with E-state index in [1.54, 1.807) is 24.3 Å². The Morgan fingerprint density at radius 3 is 2.62 bits per heavy atom. The number of piperidine rings is 1. The molecule has 1 saturated heterocycles. The summed E-state index contributed by atoms with van der Waals surface area (Å²) < 4.78 is 38.9. The number of ketones is 1. The van der Waals surface area contributed by atoms with Crippen LogP contribution in [0.3, 0.4) is 0 Å². The van der Waals surface area contributed by atoms with Crippen LogP contribution in [0.25, 0.3) is 22.4 Å². The van der Waals surface area contributed by atoms with E-state index in [1.807, 2.05) is 31.2 Å². The molecule has 3 heterocycles. The molecule has 0 aliphatic carbocycles. The zero-order chi connectivity index (χ0) is 23.7. The number of thioether (sulfide) groups is 1. The van der Waals surface area contributed by atoms with Crippen molar-refractivity contribution in [1.29, 1.82) is 0 Å². The molecule has 1 aliphatic rings. The number of para-hydroxylation sites is 1. The quantitative estimate of drug-likeness (QED) is 0.261. The van der Waals surface area contributed by atoms with Crippen molar-refractivity contribution in [2.45, 2.75) is 36.3 Å². The number of rotatable bonds is 7. The van der Waals surface area contributed by atoms with E-state index in [0.29, 0.717) is 30.0 Å². The molecule has 0 N–H and O–H groups in total. The number of fused-ring (bicyclic) bond motifs is 1. The first kappa shape index (κ1) is 22.8. The van der Waals surface area contributed by atoms with Crippen LogP contribution >= 0.6 is 11.8 Å². The van der Waals surface area contributed by atoms with E-state index >= 15 is 0 Å². The molecule has 1 fully saturated rings. The summed E-state index contributed by atoms with van der Waals surface area (Å²) in [5.74, 6) is 0.425. The molecular formula is C24H23N3O5S2. The number of hydrogen-bond acceptors (Lipinski definition) is 8. The van der Waals surface area contributed by atoms with Gasteiger partial charge in [-0.25, -0.2) is 8.42 Å². The summed E-state index contributed by atoms with van der Waals surface area (Å²) >= 11 is 1.11. The summed E-state index contributed by atoms with van der Waals surface area (Å²) in [6, 6.07) is 14.0. The SMILES string of the molecule is Cc1c(C(=O)CSc2nnc(-c3cccc(S(=O)(=O)N4CCCCC4)c3)o2)oc2ccccc12. The molecule has 8 nitrogen and oxygen atoms in total. The molecule has 2 aromatic heterocycles. The third kappa shape index (κ3) is 4.40. The van der Waals surface area contributed by atoms with E-state index in [1.165, 1.54) is 4.31 Å². The summed E-state index contributed by atoms with van der Waals surface area (Å²) in [6.45, 7) is 2.93. The van der Waals surface area contributed by atoms with Gasteiger partial charge in [0.25, 0.3) is 5.22 Å². The minimum atomic E-state index is -3.57. The van der Waals surface area contributed by atoms with E-state index in [2.05, 4.69) is 10.2 Å². The number of aromatic nitrogens is 2. The average molecular weight is 498 g/mol. The first-order valence-corrected chi connectivity index (χ1v) is 13.4. The molecule has 2 aromatic carbocycles. The Kier molecular flexibility index (Phi) is 6.28. The van der Waals surface area contributed by atoms with Crippen molar-refractivity contribution >= 4 is 38.5 Å². The summed E-state index contributed by atoms with van der Waals surface area (Å²) in [6.07, 6.45) is 2.79. The second-order valence-corrected chi connectivity index (χ2v) is 11.0. The molecule has 0 atom stereocenters. The van der Waals surface area contributed by atoms with Gasteiger partial charge in [0.2, 0.25) is 21.7 Å². The number of hydrogen-bond donors (Lipinski definition) is 0. The highest BCUT2D eigenvalue weighted by Gasteiger charge is 2.26. The maximum atomic E-state index is 13.0. The van der Waals surface area contributed by atoms with Gasteiger partial charge in [0.1, 0.15) is 5.58 Å². The maximum Gasteiger partial charge on any atom is 0.277 e. The molecule has 0 radical (unpaired) electrons. The normalized spacial score (nSPS) is 15.1. The monoisotopic (exact) mass is 497 g/mol. The molecule has 34 heavy (non-hydrogen) atoms. The van der Waals surface area contributed by atoms with Crippen LogP contribution in [0.2, 0.25) is 0 Å². The van der Waals surface area contributed by atoms with Crippen LogP contribution in [-0.4, -0.2) is 47.5 Å². The van der Waals surface area contributed by atoms with Gasteiger partial charge in [0.15, 0.2) is 5.76 Å². The van der Waals surface area contributed by atoms with Gasteiger partial charge in [-0.15, -0.1) is 10.2 Å². The predicted octanol–water partition coefficient (Wildman–Crippen LogP) is 4.94. The highest BCUT2D eigenvalue weighted by Crippen LogP contribution is 2.29. The summed E-state index contributed by atoms with van der Waals surface area (Å²) in [7, 11) is -3.57. The van der Waals surface area contributed by atoms with Crippen molar-refractivity contribution in [3.63, 3.8) is 0 Å². The van der Waals surface area contributed by atoms with Crippen LogP contribution in [0.1, 0.15) is 35.4 Å². The van der Waals surface area contributed by atoms with E-state index in [-0.39, 0.29) is 27.5 Å². The predicted molar refractivity (Wildman–Crippen MR) is 128 cm³/mol. The van der Waals surface area contributed by atoms with Crippen molar-refractivity contribution in [2.75, 3.05) is 18.8 Å². The fourth-order valence-electron chi connectivity index (χ4n) is 4.06. The van der Waals surface area contributed by atoms with Crippen LogP contribution < -0.4 is 0 Å². The molecule has 5 rings (SSSR count). The lowest BCUT2D eigenvalue weighted by Crippen LogP contribution is -2.35. The fraction of sp³-hybridized carbons (Fsp3) is 0.292. The first-order valence-electron chi connectivity index (χ1n) is 11.0. The van der Waals surface area contributed by atoms with Crippen LogP contribution in [0.5, 0.6) is 0 Å². The van der Waals surface area contributed by atoms with Gasteiger partial charge in [-0.1, -0.05) is 42.4 Å². The molecule has 4 aromatic rings. The van der Waals surface area contributed by atoms with Gasteiger partial charge in [-0.2, -0.15) is 4.31 Å². The van der Waals surface area contributed by atoms with E-state index in [9.17, 15) is 13.2 Å². The summed E-state index contributed by atoms with van der Waals surface area (Å²) in [5.41, 5.74) is 1.99. The van der Waals surface area contributed by atoms with E-state index in [0.717, 1.165) is 42.0 Å². The van der Waals surface area contributed by atoms with Gasteiger partial charge in [-0.05, 0) is 44.0 Å². The van der Waals surface area contributed by atoms with Gasteiger partial charge >= 0.3 is 0 Å². The van der Waals surface area contributed by atoms with E-state index < -0.39 is 10.0 Å². The molecule has 10 heteroatoms. The molecule has 0 spiro atoms. The van der Waals surface area contributed by atoms with Crippen molar-refractivity contribution < 1.29 is 22.0 Å². The fourth-order valence-corrected chi connectivity index (χ4v) is 6.25. The highest BCUT2D eigenvalue weighted by atomic mass is 32.2. The van der Waals surface area contributed by atoms with Gasteiger partial charge < -0.3 is 8.83 Å². The lowest BCUT2D eigenvalue weighted by Gasteiger charge is -2.25. The largest absolute Gasteiger partial charge is 0.453 e. The molecule has 1 aliphatic heterocycles. The Labute approximate surface area is 201 Å². The molecule has 176 valence electrons. The number of sulfonamides is 1. The number of carbonyl (C=O) groups excluding carboxylic acids is 1. The zero-order valence-electron chi connectivity index (χ0n) is 18.6. The Morgan fingerprint density at radius 1 is 1.03 bits per heavy atom. The standard InChI is InChI=1S/C24H23N3O5S2/c1-16-19-10-3-4-11-21(19)31-22(16)20(28)15-33-24-26-25-23(32-24)17-8-7-9-18(14-17)34(29,30)27-12-5-2-6-13-27/h3-4,7-11,14H,2,5-6,12-13,15H2,1H3. The number of carbonyl (C=O) groups is 1. The second-order valence-electron chi connectivity index (χ2n) is 8.13. The number of benzene rings is 2. The van der Waals surface area contributed by atoms with Gasteiger partial charge in [0.05, 0.1) is 10.6 Å². The smallest absolute Gasteiger partial charge is 0.277 e.